The number of anilines is 1. The Balaban J connectivity index is 1.80. The fraction of sp³-hybridized carbons (Fsp3) is 0.714. The van der Waals surface area contributed by atoms with E-state index in [9.17, 15) is 8.42 Å². The van der Waals surface area contributed by atoms with Crippen LogP contribution in [0.25, 0.3) is 0 Å². The number of aromatic nitrogens is 2. The number of sulfonamides is 1. The molecule has 0 saturated carbocycles. The van der Waals surface area contributed by atoms with E-state index in [1.165, 1.54) is 6.26 Å². The minimum atomic E-state index is -3.21. The lowest BCUT2D eigenvalue weighted by Gasteiger charge is -2.45. The van der Waals surface area contributed by atoms with Gasteiger partial charge in [0.15, 0.2) is 0 Å². The Hall–Kier alpha value is -1.25. The first-order valence-corrected chi connectivity index (χ1v) is 9.42. The van der Waals surface area contributed by atoms with E-state index in [0.29, 0.717) is 18.9 Å². The maximum absolute atomic E-state index is 11.9. The highest BCUT2D eigenvalue weighted by molar-refractivity contribution is 7.88. The molecule has 3 atom stereocenters. The van der Waals surface area contributed by atoms with Crippen LogP contribution in [0.1, 0.15) is 18.5 Å². The predicted octanol–water partition coefficient (Wildman–Crippen LogP) is 0.636. The number of nitrogens with one attached hydrogen (secondary N) is 1. The van der Waals surface area contributed by atoms with E-state index in [2.05, 4.69) is 15.5 Å². The van der Waals surface area contributed by atoms with Crippen molar-refractivity contribution in [2.75, 3.05) is 31.3 Å². The molecule has 2 aliphatic rings. The van der Waals surface area contributed by atoms with Gasteiger partial charge in [-0.15, -0.1) is 5.10 Å². The Kier molecular flexibility index (Phi) is 4.33. The SMILES string of the molecule is Cc1ccc(N[C@@H]2CN(S(C)(=O)=O)C[C@@H]3CCCO[C@@H]32)nn1. The van der Waals surface area contributed by atoms with E-state index in [4.69, 9.17) is 4.74 Å². The monoisotopic (exact) mass is 326 g/mol. The summed E-state index contributed by atoms with van der Waals surface area (Å²) in [4.78, 5) is 0. The van der Waals surface area contributed by atoms with E-state index in [-0.39, 0.29) is 18.1 Å². The smallest absolute Gasteiger partial charge is 0.211 e. The van der Waals surface area contributed by atoms with Crippen molar-refractivity contribution in [1.29, 1.82) is 0 Å². The minimum absolute atomic E-state index is 0.0230. The number of piperidine rings is 1. The Labute approximate surface area is 131 Å². The third-order valence-corrected chi connectivity index (χ3v) is 5.57. The lowest BCUT2D eigenvalue weighted by molar-refractivity contribution is -0.0603. The molecule has 22 heavy (non-hydrogen) atoms. The van der Waals surface area contributed by atoms with Crippen LogP contribution in [0.15, 0.2) is 12.1 Å². The van der Waals surface area contributed by atoms with E-state index < -0.39 is 10.0 Å². The van der Waals surface area contributed by atoms with Gasteiger partial charge in [-0.2, -0.15) is 9.40 Å². The molecule has 7 nitrogen and oxygen atoms in total. The van der Waals surface area contributed by atoms with Crippen LogP contribution in [-0.2, 0) is 14.8 Å². The van der Waals surface area contributed by atoms with E-state index in [1.54, 1.807) is 4.31 Å². The second kappa shape index (κ2) is 6.10. The molecule has 0 amide bonds. The third kappa shape index (κ3) is 3.39. The van der Waals surface area contributed by atoms with Gasteiger partial charge < -0.3 is 10.1 Å². The number of hydrogen-bond donors (Lipinski definition) is 1. The van der Waals surface area contributed by atoms with Crippen molar-refractivity contribution in [3.05, 3.63) is 17.8 Å². The summed E-state index contributed by atoms with van der Waals surface area (Å²) in [6.07, 6.45) is 3.26. The van der Waals surface area contributed by atoms with Gasteiger partial charge in [0.25, 0.3) is 0 Å². The lowest BCUT2D eigenvalue weighted by atomic mass is 9.86. The molecule has 0 aliphatic carbocycles. The van der Waals surface area contributed by atoms with Crippen molar-refractivity contribution in [1.82, 2.24) is 14.5 Å². The van der Waals surface area contributed by atoms with Crippen LogP contribution in [-0.4, -0.2) is 61.0 Å². The van der Waals surface area contributed by atoms with Gasteiger partial charge in [0.1, 0.15) is 5.82 Å². The highest BCUT2D eigenvalue weighted by Crippen LogP contribution is 2.31. The molecule has 1 aromatic heterocycles. The van der Waals surface area contributed by atoms with Gasteiger partial charge >= 0.3 is 0 Å². The standard InChI is InChI=1S/C14H22N4O3S/c1-10-5-6-13(17-16-10)15-12-9-18(22(2,19)20)8-11-4-3-7-21-14(11)12/h5-6,11-12,14H,3-4,7-9H2,1-2H3,(H,15,17)/t11-,12+,14-/m0/s1. The maximum Gasteiger partial charge on any atom is 0.211 e. The van der Waals surface area contributed by atoms with Crippen molar-refractivity contribution in [2.24, 2.45) is 5.92 Å². The molecule has 122 valence electrons. The lowest BCUT2D eigenvalue weighted by Crippen LogP contribution is -2.58. The molecule has 0 spiro atoms. The number of aryl methyl sites for hydroxylation is 1. The molecule has 8 heteroatoms. The quantitative estimate of drug-likeness (QED) is 0.877. The molecular weight excluding hydrogens is 304 g/mol. The minimum Gasteiger partial charge on any atom is -0.376 e. The van der Waals surface area contributed by atoms with Gasteiger partial charge in [-0.05, 0) is 31.9 Å². The Bertz CT molecular complexity index is 619. The molecule has 0 aromatic carbocycles. The third-order valence-electron chi connectivity index (χ3n) is 4.33. The summed E-state index contributed by atoms with van der Waals surface area (Å²) < 4.78 is 31.3. The van der Waals surface area contributed by atoms with Gasteiger partial charge in [-0.3, -0.25) is 0 Å². The van der Waals surface area contributed by atoms with Crippen LogP contribution in [0, 0.1) is 12.8 Å². The van der Waals surface area contributed by atoms with Crippen LogP contribution in [0.5, 0.6) is 0 Å². The topological polar surface area (TPSA) is 84.4 Å². The van der Waals surface area contributed by atoms with Crippen LogP contribution in [0.2, 0.25) is 0 Å². The van der Waals surface area contributed by atoms with E-state index in [1.807, 2.05) is 19.1 Å². The van der Waals surface area contributed by atoms with Crippen LogP contribution < -0.4 is 5.32 Å². The van der Waals surface area contributed by atoms with Crippen molar-refractivity contribution in [2.45, 2.75) is 31.9 Å². The molecule has 0 radical (unpaired) electrons. The molecule has 3 rings (SSSR count). The summed E-state index contributed by atoms with van der Waals surface area (Å²) in [5.74, 6) is 0.881. The summed E-state index contributed by atoms with van der Waals surface area (Å²) in [6.45, 7) is 3.55. The van der Waals surface area contributed by atoms with Gasteiger partial charge in [0.05, 0.1) is 24.1 Å². The average Bonchev–Trinajstić information content (AvgIpc) is 2.48. The normalized spacial score (nSPS) is 29.8. The summed E-state index contributed by atoms with van der Waals surface area (Å²) in [7, 11) is -3.21. The maximum atomic E-state index is 11.9. The molecule has 2 aliphatic heterocycles. The second-order valence-electron chi connectivity index (χ2n) is 6.13. The predicted molar refractivity (Wildman–Crippen MR) is 83.1 cm³/mol. The highest BCUT2D eigenvalue weighted by Gasteiger charge is 2.42. The number of fused-ring (bicyclic) bond motifs is 1. The molecule has 2 fully saturated rings. The largest absolute Gasteiger partial charge is 0.376 e. The van der Waals surface area contributed by atoms with Gasteiger partial charge in [-0.1, -0.05) is 0 Å². The van der Waals surface area contributed by atoms with Crippen molar-refractivity contribution < 1.29 is 13.2 Å². The molecule has 0 unspecified atom stereocenters. The van der Waals surface area contributed by atoms with Crippen LogP contribution in [0.4, 0.5) is 5.82 Å². The Morgan fingerprint density at radius 2 is 2.14 bits per heavy atom. The zero-order valence-corrected chi connectivity index (χ0v) is 13.7. The molecule has 1 aromatic rings. The zero-order chi connectivity index (χ0) is 15.7. The summed E-state index contributed by atoms with van der Waals surface area (Å²) in [6, 6.07) is 3.64. The summed E-state index contributed by atoms with van der Waals surface area (Å²) in [5, 5.41) is 11.4. The van der Waals surface area contributed by atoms with Crippen molar-refractivity contribution in [3.8, 4) is 0 Å². The fourth-order valence-electron chi connectivity index (χ4n) is 3.23. The van der Waals surface area contributed by atoms with Gasteiger partial charge in [0, 0.05) is 25.6 Å². The van der Waals surface area contributed by atoms with Crippen molar-refractivity contribution >= 4 is 15.8 Å². The highest BCUT2D eigenvalue weighted by atomic mass is 32.2. The first-order chi connectivity index (χ1) is 10.4. The molecule has 1 N–H and O–H groups in total. The number of ether oxygens (including phenoxy) is 1. The van der Waals surface area contributed by atoms with Crippen LogP contribution >= 0.6 is 0 Å². The van der Waals surface area contributed by atoms with Crippen molar-refractivity contribution in [3.63, 3.8) is 0 Å². The van der Waals surface area contributed by atoms with Crippen LogP contribution in [0.3, 0.4) is 0 Å². The van der Waals surface area contributed by atoms with E-state index in [0.717, 1.165) is 25.1 Å². The first-order valence-electron chi connectivity index (χ1n) is 7.57. The fourth-order valence-corrected chi connectivity index (χ4v) is 4.12. The first kappa shape index (κ1) is 15.6. The Morgan fingerprint density at radius 1 is 1.32 bits per heavy atom. The summed E-state index contributed by atoms with van der Waals surface area (Å²) >= 11 is 0. The molecule has 3 heterocycles. The number of hydrogen-bond acceptors (Lipinski definition) is 6. The Morgan fingerprint density at radius 3 is 2.82 bits per heavy atom. The second-order valence-corrected chi connectivity index (χ2v) is 8.11. The average molecular weight is 326 g/mol. The van der Waals surface area contributed by atoms with Gasteiger partial charge in [-0.25, -0.2) is 8.42 Å². The number of rotatable bonds is 3. The van der Waals surface area contributed by atoms with E-state index >= 15 is 0 Å². The molecular formula is C14H22N4O3S. The van der Waals surface area contributed by atoms with Gasteiger partial charge in [0.2, 0.25) is 10.0 Å². The number of nitrogens with zero attached hydrogens (tertiary/aromatic N) is 3. The molecule has 0 bridgehead atoms. The zero-order valence-electron chi connectivity index (χ0n) is 12.9. The molecule has 2 saturated heterocycles. The summed E-state index contributed by atoms with van der Waals surface area (Å²) in [5.41, 5.74) is 0.846.